The Morgan fingerprint density at radius 2 is 1.92 bits per heavy atom. The molecule has 0 aliphatic rings. The molecule has 0 spiro atoms. The van der Waals surface area contributed by atoms with Crippen molar-refractivity contribution in [3.05, 3.63) is 98.6 Å². The highest BCUT2D eigenvalue weighted by Crippen LogP contribution is 2.33. The predicted octanol–water partition coefficient (Wildman–Crippen LogP) is 6.56. The minimum absolute atomic E-state index is 0.183. The number of benzene rings is 2. The highest BCUT2D eigenvalue weighted by molar-refractivity contribution is 7.98. The van der Waals surface area contributed by atoms with Crippen LogP contribution in [-0.2, 0) is 12.2 Å². The molecule has 0 unspecified atom stereocenters. The Morgan fingerprint density at radius 1 is 1.06 bits per heavy atom. The summed E-state index contributed by atoms with van der Waals surface area (Å²) in [5, 5.41) is 15.7. The van der Waals surface area contributed by atoms with E-state index in [1.807, 2.05) is 47.0 Å². The number of nitrogens with zero attached hydrogens (tertiary/aromatic N) is 4. The van der Waals surface area contributed by atoms with Gasteiger partial charge in [0.25, 0.3) is 5.91 Å². The lowest BCUT2D eigenvalue weighted by Crippen LogP contribution is -2.26. The van der Waals surface area contributed by atoms with Gasteiger partial charge in [0.05, 0.1) is 27.7 Å². The largest absolute Gasteiger partial charge is 0.461 e. The van der Waals surface area contributed by atoms with E-state index in [9.17, 15) is 4.79 Å². The molecule has 3 aromatic heterocycles. The van der Waals surface area contributed by atoms with Gasteiger partial charge in [-0.2, -0.15) is 0 Å². The number of nitrogens with one attached hydrogen (secondary N) is 1. The number of hydrogen-bond donors (Lipinski definition) is 1. The summed E-state index contributed by atoms with van der Waals surface area (Å²) >= 11 is 15.3. The van der Waals surface area contributed by atoms with Gasteiger partial charge in [-0.25, -0.2) is 4.98 Å². The zero-order valence-corrected chi connectivity index (χ0v) is 21.9. The molecule has 0 atom stereocenters. The van der Waals surface area contributed by atoms with Crippen molar-refractivity contribution in [1.29, 1.82) is 0 Å². The van der Waals surface area contributed by atoms with Crippen molar-refractivity contribution >= 4 is 52.2 Å². The molecule has 2 aromatic carbocycles. The first-order valence-electron chi connectivity index (χ1n) is 10.9. The second-order valence-corrected chi connectivity index (χ2v) is 10.3. The molecule has 3 heterocycles. The quantitative estimate of drug-likeness (QED) is 0.207. The second kappa shape index (κ2) is 11.3. The van der Waals surface area contributed by atoms with E-state index in [2.05, 4.69) is 20.5 Å². The Hall–Kier alpha value is -3.11. The molecule has 0 radical (unpaired) electrons. The second-order valence-electron chi connectivity index (χ2n) is 7.62. The molecule has 182 valence electrons. The summed E-state index contributed by atoms with van der Waals surface area (Å²) in [5.41, 5.74) is 2.33. The van der Waals surface area contributed by atoms with Gasteiger partial charge < -0.3 is 9.73 Å². The summed E-state index contributed by atoms with van der Waals surface area (Å²) in [5.74, 6) is 1.44. The third kappa shape index (κ3) is 5.65. The first-order valence-corrected chi connectivity index (χ1v) is 13.5. The Balaban J connectivity index is 1.28. The number of rotatable bonds is 9. The molecule has 0 aliphatic carbocycles. The van der Waals surface area contributed by atoms with E-state index in [1.54, 1.807) is 29.8 Å². The maximum atomic E-state index is 12.5. The van der Waals surface area contributed by atoms with Crippen molar-refractivity contribution in [2.45, 2.75) is 17.3 Å². The van der Waals surface area contributed by atoms with Crippen molar-refractivity contribution < 1.29 is 9.21 Å². The van der Waals surface area contributed by atoms with Gasteiger partial charge in [-0.3, -0.25) is 9.36 Å². The van der Waals surface area contributed by atoms with Gasteiger partial charge in [0, 0.05) is 11.9 Å². The van der Waals surface area contributed by atoms with Gasteiger partial charge in [-0.1, -0.05) is 65.3 Å². The highest BCUT2D eigenvalue weighted by Gasteiger charge is 2.20. The molecule has 1 amide bonds. The van der Waals surface area contributed by atoms with Crippen molar-refractivity contribution in [2.24, 2.45) is 0 Å². The number of thiazole rings is 1. The van der Waals surface area contributed by atoms with E-state index in [1.165, 1.54) is 28.7 Å². The van der Waals surface area contributed by atoms with Crippen LogP contribution < -0.4 is 5.32 Å². The zero-order valence-electron chi connectivity index (χ0n) is 18.7. The molecular formula is C25H19Cl2N5O2S2. The fourth-order valence-corrected chi connectivity index (χ4v) is 5.49. The molecule has 5 aromatic rings. The highest BCUT2D eigenvalue weighted by atomic mass is 35.5. The van der Waals surface area contributed by atoms with Crippen LogP contribution in [-0.4, -0.2) is 32.2 Å². The Bertz CT molecular complexity index is 1470. The number of carbonyl (C=O) groups is 1. The van der Waals surface area contributed by atoms with Crippen LogP contribution in [0.15, 0.2) is 81.9 Å². The number of carbonyl (C=O) groups excluding carboxylic acids is 1. The van der Waals surface area contributed by atoms with E-state index >= 15 is 0 Å². The number of aromatic nitrogens is 4. The fourth-order valence-electron chi connectivity index (χ4n) is 3.45. The zero-order chi connectivity index (χ0) is 24.9. The van der Waals surface area contributed by atoms with E-state index in [-0.39, 0.29) is 5.91 Å². The number of amides is 1. The first kappa shape index (κ1) is 24.6. The maximum absolute atomic E-state index is 12.5. The Kier molecular flexibility index (Phi) is 7.72. The van der Waals surface area contributed by atoms with Gasteiger partial charge in [-0.15, -0.1) is 21.5 Å². The van der Waals surface area contributed by atoms with E-state index in [0.29, 0.717) is 44.8 Å². The number of furan rings is 1. The minimum atomic E-state index is -0.183. The molecular weight excluding hydrogens is 537 g/mol. The lowest BCUT2D eigenvalue weighted by Gasteiger charge is -2.10. The van der Waals surface area contributed by atoms with E-state index < -0.39 is 0 Å². The van der Waals surface area contributed by atoms with Crippen LogP contribution in [0.25, 0.3) is 17.3 Å². The van der Waals surface area contributed by atoms with Crippen LogP contribution in [0.1, 0.15) is 21.1 Å². The van der Waals surface area contributed by atoms with E-state index in [4.69, 9.17) is 27.6 Å². The smallest absolute Gasteiger partial charge is 0.270 e. The molecule has 36 heavy (non-hydrogen) atoms. The van der Waals surface area contributed by atoms with Gasteiger partial charge in [0.2, 0.25) is 5.82 Å². The van der Waals surface area contributed by atoms with E-state index in [0.717, 1.165) is 17.1 Å². The molecule has 0 aliphatic heterocycles. The Morgan fingerprint density at radius 3 is 2.69 bits per heavy atom. The average Bonchev–Trinajstić information content (AvgIpc) is 3.66. The van der Waals surface area contributed by atoms with Crippen molar-refractivity contribution in [2.75, 3.05) is 6.54 Å². The summed E-state index contributed by atoms with van der Waals surface area (Å²) in [6, 6.07) is 19.0. The molecule has 7 nitrogen and oxygen atoms in total. The molecule has 11 heteroatoms. The van der Waals surface area contributed by atoms with Crippen LogP contribution in [0.2, 0.25) is 10.0 Å². The van der Waals surface area contributed by atoms with Crippen molar-refractivity contribution in [3.63, 3.8) is 0 Å². The SMILES string of the molecule is O=C(NCCc1ccccc1)c1csc(CSc2nnc(-c3ccco3)n2-c2ccc(Cl)c(Cl)c2)n1. The molecule has 0 saturated heterocycles. The summed E-state index contributed by atoms with van der Waals surface area (Å²) in [6.07, 6.45) is 2.35. The van der Waals surface area contributed by atoms with Gasteiger partial charge >= 0.3 is 0 Å². The predicted molar refractivity (Wildman–Crippen MR) is 143 cm³/mol. The van der Waals surface area contributed by atoms with Gasteiger partial charge in [0.15, 0.2) is 10.9 Å². The van der Waals surface area contributed by atoms with Crippen molar-refractivity contribution in [3.8, 4) is 17.3 Å². The minimum Gasteiger partial charge on any atom is -0.461 e. The van der Waals surface area contributed by atoms with Gasteiger partial charge in [0.1, 0.15) is 10.7 Å². The summed E-state index contributed by atoms with van der Waals surface area (Å²) < 4.78 is 7.41. The molecule has 1 N–H and O–H groups in total. The Labute approximate surface area is 225 Å². The number of hydrogen-bond acceptors (Lipinski definition) is 7. The van der Waals surface area contributed by atoms with Gasteiger partial charge in [-0.05, 0) is 42.3 Å². The molecule has 5 rings (SSSR count). The standard InChI is InChI=1S/C25H19Cl2N5O2S2/c26-18-9-8-17(13-19(18)27)32-23(21-7-4-12-34-21)30-31-25(32)36-15-22-29-20(14-35-22)24(33)28-11-10-16-5-2-1-3-6-16/h1-9,12-14H,10-11,15H2,(H,28,33). The number of halogens is 2. The third-order valence-corrected chi connectivity index (χ3v) is 7.90. The first-order chi connectivity index (χ1) is 17.6. The maximum Gasteiger partial charge on any atom is 0.270 e. The van der Waals surface area contributed by atoms with Crippen LogP contribution in [0, 0.1) is 0 Å². The van der Waals surface area contributed by atoms with Crippen molar-refractivity contribution in [1.82, 2.24) is 25.1 Å². The topological polar surface area (TPSA) is 85.8 Å². The average molecular weight is 557 g/mol. The van der Waals surface area contributed by atoms with Crippen LogP contribution in [0.4, 0.5) is 0 Å². The molecule has 0 bridgehead atoms. The lowest BCUT2D eigenvalue weighted by atomic mass is 10.1. The van der Waals surface area contributed by atoms with Crippen LogP contribution in [0.5, 0.6) is 0 Å². The lowest BCUT2D eigenvalue weighted by molar-refractivity contribution is 0.0949. The van der Waals surface area contributed by atoms with Crippen LogP contribution in [0.3, 0.4) is 0 Å². The summed E-state index contributed by atoms with van der Waals surface area (Å²) in [4.78, 5) is 17.0. The van der Waals surface area contributed by atoms with Crippen LogP contribution >= 0.6 is 46.3 Å². The number of thioether (sulfide) groups is 1. The monoisotopic (exact) mass is 555 g/mol. The summed E-state index contributed by atoms with van der Waals surface area (Å²) in [6.45, 7) is 0.548. The third-order valence-electron chi connectivity index (χ3n) is 5.19. The molecule has 0 saturated carbocycles. The fraction of sp³-hybridized carbons (Fsp3) is 0.120. The summed E-state index contributed by atoms with van der Waals surface area (Å²) in [7, 11) is 0. The normalized spacial score (nSPS) is 11.1. The molecule has 0 fully saturated rings.